The van der Waals surface area contributed by atoms with Crippen molar-refractivity contribution in [3.8, 4) is 10.7 Å². The first-order valence-corrected chi connectivity index (χ1v) is 8.69. The molecule has 0 spiro atoms. The SMILES string of the molecule is C[C@@H](c1ccccc1)N(C)C(=O)Cc1csc(-c2ccccn2)n1. The lowest BCUT2D eigenvalue weighted by atomic mass is 10.1. The van der Waals surface area contributed by atoms with Crippen LogP contribution in [0, 0.1) is 0 Å². The lowest BCUT2D eigenvalue weighted by molar-refractivity contribution is -0.131. The minimum Gasteiger partial charge on any atom is -0.339 e. The van der Waals surface area contributed by atoms with Crippen molar-refractivity contribution in [2.45, 2.75) is 19.4 Å². The van der Waals surface area contributed by atoms with Crippen molar-refractivity contribution in [3.63, 3.8) is 0 Å². The Morgan fingerprint density at radius 1 is 1.17 bits per heavy atom. The molecule has 0 aliphatic heterocycles. The fourth-order valence-corrected chi connectivity index (χ4v) is 3.24. The van der Waals surface area contributed by atoms with Gasteiger partial charge in [0, 0.05) is 18.6 Å². The average Bonchev–Trinajstić information content (AvgIpc) is 3.10. The summed E-state index contributed by atoms with van der Waals surface area (Å²) in [4.78, 5) is 23.2. The van der Waals surface area contributed by atoms with Gasteiger partial charge in [0.05, 0.1) is 23.9 Å². The van der Waals surface area contributed by atoms with E-state index in [-0.39, 0.29) is 11.9 Å². The molecular formula is C19H19N3OS. The van der Waals surface area contributed by atoms with Crippen molar-refractivity contribution in [1.29, 1.82) is 0 Å². The van der Waals surface area contributed by atoms with Gasteiger partial charge < -0.3 is 4.90 Å². The fourth-order valence-electron chi connectivity index (χ4n) is 2.45. The molecule has 0 unspecified atom stereocenters. The van der Waals surface area contributed by atoms with Gasteiger partial charge in [-0.25, -0.2) is 4.98 Å². The summed E-state index contributed by atoms with van der Waals surface area (Å²) in [6, 6.07) is 15.8. The number of hydrogen-bond donors (Lipinski definition) is 0. The number of rotatable bonds is 5. The van der Waals surface area contributed by atoms with Crippen LogP contribution in [0.3, 0.4) is 0 Å². The Balaban J connectivity index is 1.68. The highest BCUT2D eigenvalue weighted by Gasteiger charge is 2.18. The summed E-state index contributed by atoms with van der Waals surface area (Å²) < 4.78 is 0. The van der Waals surface area contributed by atoms with Gasteiger partial charge in [0.1, 0.15) is 5.01 Å². The van der Waals surface area contributed by atoms with Crippen molar-refractivity contribution < 1.29 is 4.79 Å². The second-order valence-corrected chi connectivity index (χ2v) is 6.49. The van der Waals surface area contributed by atoms with E-state index in [9.17, 15) is 4.79 Å². The molecule has 1 amide bonds. The predicted octanol–water partition coefficient (Wildman–Crippen LogP) is 3.97. The van der Waals surface area contributed by atoms with Crippen molar-refractivity contribution in [3.05, 3.63) is 71.4 Å². The second kappa shape index (κ2) is 7.36. The number of carbonyl (C=O) groups is 1. The summed E-state index contributed by atoms with van der Waals surface area (Å²) in [6.07, 6.45) is 2.05. The lowest BCUT2D eigenvalue weighted by Crippen LogP contribution is -2.31. The minimum atomic E-state index is 0.0348. The van der Waals surface area contributed by atoms with E-state index in [1.165, 1.54) is 11.3 Å². The molecule has 1 atom stereocenters. The molecule has 5 heteroatoms. The summed E-state index contributed by atoms with van der Waals surface area (Å²) >= 11 is 1.52. The molecule has 0 radical (unpaired) electrons. The fraction of sp³-hybridized carbons (Fsp3) is 0.211. The molecule has 4 nitrogen and oxygen atoms in total. The maximum atomic E-state index is 12.5. The molecule has 3 aromatic rings. The van der Waals surface area contributed by atoms with Gasteiger partial charge in [-0.15, -0.1) is 11.3 Å². The highest BCUT2D eigenvalue weighted by atomic mass is 32.1. The molecule has 2 heterocycles. The first-order valence-electron chi connectivity index (χ1n) is 7.81. The predicted molar refractivity (Wildman–Crippen MR) is 96.7 cm³/mol. The molecule has 1 aromatic carbocycles. The number of benzene rings is 1. The van der Waals surface area contributed by atoms with E-state index < -0.39 is 0 Å². The number of hydrogen-bond acceptors (Lipinski definition) is 4. The molecule has 3 rings (SSSR count). The van der Waals surface area contributed by atoms with E-state index >= 15 is 0 Å². The summed E-state index contributed by atoms with van der Waals surface area (Å²) in [5.74, 6) is 0.0595. The molecule has 0 aliphatic carbocycles. The van der Waals surface area contributed by atoms with Crippen molar-refractivity contribution in [1.82, 2.24) is 14.9 Å². The van der Waals surface area contributed by atoms with Gasteiger partial charge in [0.2, 0.25) is 5.91 Å². The van der Waals surface area contributed by atoms with E-state index in [4.69, 9.17) is 0 Å². The Morgan fingerprint density at radius 2 is 1.92 bits per heavy atom. The Morgan fingerprint density at radius 3 is 2.62 bits per heavy atom. The third kappa shape index (κ3) is 3.68. The average molecular weight is 337 g/mol. The molecule has 122 valence electrons. The van der Waals surface area contributed by atoms with Crippen LogP contribution in [0.2, 0.25) is 0 Å². The maximum Gasteiger partial charge on any atom is 0.228 e. The minimum absolute atomic E-state index is 0.0348. The molecular weight excluding hydrogens is 318 g/mol. The van der Waals surface area contributed by atoms with Crippen LogP contribution in [0.1, 0.15) is 24.2 Å². The quantitative estimate of drug-likeness (QED) is 0.708. The van der Waals surface area contributed by atoms with Crippen LogP contribution < -0.4 is 0 Å². The molecule has 0 saturated carbocycles. The van der Waals surface area contributed by atoms with Crippen LogP contribution in [0.5, 0.6) is 0 Å². The van der Waals surface area contributed by atoms with Gasteiger partial charge in [-0.3, -0.25) is 9.78 Å². The van der Waals surface area contributed by atoms with Crippen LogP contribution in [0.15, 0.2) is 60.1 Å². The smallest absolute Gasteiger partial charge is 0.228 e. The van der Waals surface area contributed by atoms with E-state index in [1.807, 2.05) is 67.9 Å². The zero-order valence-corrected chi connectivity index (χ0v) is 14.5. The van der Waals surface area contributed by atoms with Gasteiger partial charge in [0.15, 0.2) is 0 Å². The summed E-state index contributed by atoms with van der Waals surface area (Å²) in [5, 5.41) is 2.78. The van der Waals surface area contributed by atoms with Crippen LogP contribution in [-0.2, 0) is 11.2 Å². The Kier molecular flexibility index (Phi) is 5.01. The third-order valence-corrected chi connectivity index (χ3v) is 4.94. The number of carbonyl (C=O) groups excluding carboxylic acids is 1. The largest absolute Gasteiger partial charge is 0.339 e. The normalized spacial score (nSPS) is 11.9. The number of aromatic nitrogens is 2. The second-order valence-electron chi connectivity index (χ2n) is 5.63. The standard InChI is InChI=1S/C19H19N3OS/c1-14(15-8-4-3-5-9-15)22(2)18(23)12-16-13-24-19(21-16)17-10-6-7-11-20-17/h3-11,13-14H,12H2,1-2H3/t14-/m0/s1. The van der Waals surface area contributed by atoms with E-state index in [0.717, 1.165) is 22.0 Å². The van der Waals surface area contributed by atoms with Gasteiger partial charge >= 0.3 is 0 Å². The van der Waals surface area contributed by atoms with E-state index in [2.05, 4.69) is 9.97 Å². The van der Waals surface area contributed by atoms with Crippen molar-refractivity contribution in [2.75, 3.05) is 7.05 Å². The zero-order valence-electron chi connectivity index (χ0n) is 13.7. The molecule has 0 fully saturated rings. The maximum absolute atomic E-state index is 12.5. The summed E-state index contributed by atoms with van der Waals surface area (Å²) in [7, 11) is 1.84. The highest BCUT2D eigenvalue weighted by Crippen LogP contribution is 2.23. The lowest BCUT2D eigenvalue weighted by Gasteiger charge is -2.25. The Bertz CT molecular complexity index is 802. The summed E-state index contributed by atoms with van der Waals surface area (Å²) in [6.45, 7) is 2.04. The van der Waals surface area contributed by atoms with Gasteiger partial charge in [-0.1, -0.05) is 36.4 Å². The molecule has 0 N–H and O–H groups in total. The van der Waals surface area contributed by atoms with E-state index in [1.54, 1.807) is 11.1 Å². The number of nitrogens with zero attached hydrogens (tertiary/aromatic N) is 3. The topological polar surface area (TPSA) is 46.1 Å². The van der Waals surface area contributed by atoms with Gasteiger partial charge in [-0.2, -0.15) is 0 Å². The van der Waals surface area contributed by atoms with Crippen LogP contribution in [0.25, 0.3) is 10.7 Å². The van der Waals surface area contributed by atoms with Crippen LogP contribution in [0.4, 0.5) is 0 Å². The number of thiazole rings is 1. The summed E-state index contributed by atoms with van der Waals surface area (Å²) in [5.41, 5.74) is 2.76. The van der Waals surface area contributed by atoms with E-state index in [0.29, 0.717) is 6.42 Å². The Hall–Kier alpha value is -2.53. The number of likely N-dealkylation sites (N-methyl/N-ethyl adjacent to an activating group) is 1. The molecule has 0 saturated heterocycles. The third-order valence-electron chi connectivity index (χ3n) is 4.02. The monoisotopic (exact) mass is 337 g/mol. The van der Waals surface area contributed by atoms with Gasteiger partial charge in [-0.05, 0) is 24.6 Å². The first-order chi connectivity index (χ1) is 11.6. The van der Waals surface area contributed by atoms with Crippen LogP contribution in [-0.4, -0.2) is 27.8 Å². The van der Waals surface area contributed by atoms with Crippen molar-refractivity contribution in [2.24, 2.45) is 0 Å². The van der Waals surface area contributed by atoms with Gasteiger partial charge in [0.25, 0.3) is 0 Å². The first kappa shape index (κ1) is 16.3. The molecule has 0 bridgehead atoms. The molecule has 0 aliphatic rings. The van der Waals surface area contributed by atoms with Crippen molar-refractivity contribution >= 4 is 17.2 Å². The molecule has 2 aromatic heterocycles. The van der Waals surface area contributed by atoms with Crippen LogP contribution >= 0.6 is 11.3 Å². The zero-order chi connectivity index (χ0) is 16.9. The Labute approximate surface area is 145 Å². The molecule has 24 heavy (non-hydrogen) atoms. The highest BCUT2D eigenvalue weighted by molar-refractivity contribution is 7.13. The number of amides is 1. The number of pyridine rings is 1.